The van der Waals surface area contributed by atoms with Gasteiger partial charge in [-0.15, -0.1) is 10.2 Å². The highest BCUT2D eigenvalue weighted by atomic mass is 19.1. The second-order valence-corrected chi connectivity index (χ2v) is 5.10. The summed E-state index contributed by atoms with van der Waals surface area (Å²) >= 11 is 0. The highest BCUT2D eigenvalue weighted by molar-refractivity contribution is 6.03. The number of hydrogen-bond donors (Lipinski definition) is 1. The minimum atomic E-state index is -0.342. The minimum absolute atomic E-state index is 0.227. The van der Waals surface area contributed by atoms with Crippen LogP contribution in [0, 0.1) is 5.82 Å². The van der Waals surface area contributed by atoms with Crippen LogP contribution in [0.1, 0.15) is 10.6 Å². The van der Waals surface area contributed by atoms with Crippen LogP contribution in [0.4, 0.5) is 10.1 Å². The molecule has 1 amide bonds. The summed E-state index contributed by atoms with van der Waals surface area (Å²) in [5.74, 6) is -0.436. The first-order valence-corrected chi connectivity index (χ1v) is 7.17. The smallest absolute Gasteiger partial charge is 0.291 e. The molecular formula is C17H11FN4O2. The van der Waals surface area contributed by atoms with Crippen molar-refractivity contribution in [2.45, 2.75) is 0 Å². The highest BCUT2D eigenvalue weighted by Crippen LogP contribution is 2.18. The number of carbonyl (C=O) groups excluding carboxylic acids is 1. The Morgan fingerprint density at radius 2 is 1.83 bits per heavy atom. The van der Waals surface area contributed by atoms with Crippen LogP contribution in [0.2, 0.25) is 0 Å². The molecule has 1 N–H and O–H groups in total. The lowest BCUT2D eigenvalue weighted by molar-refractivity contribution is 0.0996. The van der Waals surface area contributed by atoms with Crippen LogP contribution in [0.15, 0.2) is 65.3 Å². The van der Waals surface area contributed by atoms with Gasteiger partial charge in [-0.3, -0.25) is 4.79 Å². The summed E-state index contributed by atoms with van der Waals surface area (Å²) in [6.07, 6.45) is 1.44. The fourth-order valence-electron chi connectivity index (χ4n) is 2.28. The molecular weight excluding hydrogens is 311 g/mol. The standard InChI is InChI=1S/C17H11FN4O2/c18-11-3-6-13(7-4-11)22-20-14-8-5-12(10-15(14)21-22)19-17(23)16-2-1-9-24-16/h1-10H,(H,19,23). The number of aromatic nitrogens is 3. The molecule has 0 aliphatic carbocycles. The lowest BCUT2D eigenvalue weighted by Crippen LogP contribution is -2.10. The predicted octanol–water partition coefficient (Wildman–Crippen LogP) is 3.40. The van der Waals surface area contributed by atoms with E-state index in [1.54, 1.807) is 42.5 Å². The molecule has 0 aliphatic heterocycles. The van der Waals surface area contributed by atoms with E-state index in [2.05, 4.69) is 15.5 Å². The Bertz CT molecular complexity index is 1010. The number of nitrogens with zero attached hydrogens (tertiary/aromatic N) is 3. The summed E-state index contributed by atoms with van der Waals surface area (Å²) in [7, 11) is 0. The molecule has 0 saturated carbocycles. The number of fused-ring (bicyclic) bond motifs is 1. The number of benzene rings is 2. The normalized spacial score (nSPS) is 10.9. The van der Waals surface area contributed by atoms with Gasteiger partial charge in [0.15, 0.2) is 5.76 Å². The average Bonchev–Trinajstić information content (AvgIpc) is 3.24. The Balaban J connectivity index is 1.63. The van der Waals surface area contributed by atoms with Crippen molar-refractivity contribution in [1.29, 1.82) is 0 Å². The molecule has 2 aromatic carbocycles. The Kier molecular flexibility index (Phi) is 3.31. The van der Waals surface area contributed by atoms with Crippen molar-refractivity contribution in [3.63, 3.8) is 0 Å². The first-order chi connectivity index (χ1) is 11.7. The molecule has 24 heavy (non-hydrogen) atoms. The summed E-state index contributed by atoms with van der Waals surface area (Å²) in [6, 6.07) is 14.3. The van der Waals surface area contributed by atoms with Crippen LogP contribution >= 0.6 is 0 Å². The summed E-state index contributed by atoms with van der Waals surface area (Å²) < 4.78 is 18.1. The van der Waals surface area contributed by atoms with Gasteiger partial charge in [0.2, 0.25) is 0 Å². The number of amides is 1. The van der Waals surface area contributed by atoms with Gasteiger partial charge in [0.1, 0.15) is 16.9 Å². The van der Waals surface area contributed by atoms with Gasteiger partial charge in [0, 0.05) is 5.69 Å². The number of furan rings is 1. The minimum Gasteiger partial charge on any atom is -0.459 e. The van der Waals surface area contributed by atoms with E-state index in [0.717, 1.165) is 0 Å². The Hall–Kier alpha value is -3.48. The molecule has 6 nitrogen and oxygen atoms in total. The molecule has 4 aromatic rings. The fraction of sp³-hybridized carbons (Fsp3) is 0. The van der Waals surface area contributed by atoms with Gasteiger partial charge in [-0.05, 0) is 54.6 Å². The van der Waals surface area contributed by atoms with Crippen LogP contribution in [-0.4, -0.2) is 20.9 Å². The number of rotatable bonds is 3. The van der Waals surface area contributed by atoms with E-state index in [0.29, 0.717) is 22.4 Å². The van der Waals surface area contributed by atoms with Gasteiger partial charge >= 0.3 is 0 Å². The van der Waals surface area contributed by atoms with Crippen molar-refractivity contribution in [1.82, 2.24) is 15.0 Å². The third kappa shape index (κ3) is 2.63. The molecule has 2 aromatic heterocycles. The monoisotopic (exact) mass is 322 g/mol. The quantitative estimate of drug-likeness (QED) is 0.627. The van der Waals surface area contributed by atoms with Gasteiger partial charge < -0.3 is 9.73 Å². The molecule has 2 heterocycles. The number of hydrogen-bond acceptors (Lipinski definition) is 4. The topological polar surface area (TPSA) is 73.0 Å². The average molecular weight is 322 g/mol. The molecule has 0 atom stereocenters. The zero-order valence-electron chi connectivity index (χ0n) is 12.3. The lowest BCUT2D eigenvalue weighted by atomic mass is 10.2. The molecule has 0 unspecified atom stereocenters. The van der Waals surface area contributed by atoms with Crippen LogP contribution in [-0.2, 0) is 0 Å². The Morgan fingerprint density at radius 3 is 2.58 bits per heavy atom. The summed E-state index contributed by atoms with van der Waals surface area (Å²) in [6.45, 7) is 0. The first-order valence-electron chi connectivity index (χ1n) is 7.17. The third-order valence-electron chi connectivity index (χ3n) is 3.44. The van der Waals surface area contributed by atoms with E-state index >= 15 is 0 Å². The van der Waals surface area contributed by atoms with Gasteiger partial charge in [-0.2, -0.15) is 4.80 Å². The summed E-state index contributed by atoms with van der Waals surface area (Å²) in [4.78, 5) is 13.4. The first kappa shape index (κ1) is 14.1. The molecule has 0 saturated heterocycles. The maximum Gasteiger partial charge on any atom is 0.291 e. The van der Waals surface area contributed by atoms with Crippen molar-refractivity contribution >= 4 is 22.6 Å². The number of nitrogens with one attached hydrogen (secondary N) is 1. The highest BCUT2D eigenvalue weighted by Gasteiger charge is 2.10. The van der Waals surface area contributed by atoms with Crippen molar-refractivity contribution in [2.75, 3.05) is 5.32 Å². The van der Waals surface area contributed by atoms with Crippen LogP contribution < -0.4 is 5.32 Å². The second-order valence-electron chi connectivity index (χ2n) is 5.10. The van der Waals surface area contributed by atoms with E-state index in [1.165, 1.54) is 23.2 Å². The Morgan fingerprint density at radius 1 is 1.04 bits per heavy atom. The van der Waals surface area contributed by atoms with E-state index in [-0.39, 0.29) is 17.5 Å². The lowest BCUT2D eigenvalue weighted by Gasteiger charge is -2.01. The largest absolute Gasteiger partial charge is 0.459 e. The summed E-state index contributed by atoms with van der Waals surface area (Å²) in [5.41, 5.74) is 2.50. The number of carbonyl (C=O) groups is 1. The maximum absolute atomic E-state index is 13.0. The molecule has 0 fully saturated rings. The molecule has 0 spiro atoms. The predicted molar refractivity (Wildman–Crippen MR) is 85.5 cm³/mol. The second kappa shape index (κ2) is 5.62. The van der Waals surface area contributed by atoms with Crippen LogP contribution in [0.5, 0.6) is 0 Å². The Labute approximate surface area is 135 Å². The van der Waals surface area contributed by atoms with Crippen molar-refractivity contribution < 1.29 is 13.6 Å². The fourth-order valence-corrected chi connectivity index (χ4v) is 2.28. The molecule has 0 aliphatic rings. The zero-order valence-corrected chi connectivity index (χ0v) is 12.3. The zero-order chi connectivity index (χ0) is 16.5. The third-order valence-corrected chi connectivity index (χ3v) is 3.44. The van der Waals surface area contributed by atoms with Crippen molar-refractivity contribution in [3.05, 3.63) is 72.4 Å². The van der Waals surface area contributed by atoms with E-state index < -0.39 is 0 Å². The summed E-state index contributed by atoms with van der Waals surface area (Å²) in [5, 5.41) is 11.4. The SMILES string of the molecule is O=C(Nc1ccc2nn(-c3ccc(F)cc3)nc2c1)c1ccco1. The van der Waals surface area contributed by atoms with E-state index in [4.69, 9.17) is 4.42 Å². The van der Waals surface area contributed by atoms with Crippen molar-refractivity contribution in [3.8, 4) is 5.69 Å². The van der Waals surface area contributed by atoms with Crippen LogP contribution in [0.25, 0.3) is 16.7 Å². The molecule has 0 radical (unpaired) electrons. The van der Waals surface area contributed by atoms with Gasteiger partial charge in [-0.1, -0.05) is 0 Å². The van der Waals surface area contributed by atoms with Gasteiger partial charge in [0.25, 0.3) is 5.91 Å². The van der Waals surface area contributed by atoms with E-state index in [1.807, 2.05) is 0 Å². The van der Waals surface area contributed by atoms with Crippen molar-refractivity contribution in [2.24, 2.45) is 0 Å². The van der Waals surface area contributed by atoms with Gasteiger partial charge in [0.05, 0.1) is 12.0 Å². The number of anilines is 1. The molecule has 0 bridgehead atoms. The molecule has 4 rings (SSSR count). The molecule has 7 heteroatoms. The van der Waals surface area contributed by atoms with Gasteiger partial charge in [-0.25, -0.2) is 4.39 Å². The molecule has 118 valence electrons. The number of halogens is 1. The van der Waals surface area contributed by atoms with E-state index in [9.17, 15) is 9.18 Å². The van der Waals surface area contributed by atoms with Crippen LogP contribution in [0.3, 0.4) is 0 Å². The maximum atomic E-state index is 13.0.